The average Bonchev–Trinajstić information content (AvgIpc) is 2.54. The highest BCUT2D eigenvalue weighted by Crippen LogP contribution is 2.37. The summed E-state index contributed by atoms with van der Waals surface area (Å²) >= 11 is 12.3. The van der Waals surface area contributed by atoms with E-state index in [0.29, 0.717) is 16.3 Å². The summed E-state index contributed by atoms with van der Waals surface area (Å²) in [6.45, 7) is 3.59. The topological polar surface area (TPSA) is 103 Å². The summed E-state index contributed by atoms with van der Waals surface area (Å²) in [6, 6.07) is 4.62. The molecule has 0 amide bonds. The van der Waals surface area contributed by atoms with Crippen LogP contribution in [0, 0.1) is 6.92 Å². The van der Waals surface area contributed by atoms with Gasteiger partial charge in [-0.05, 0) is 32.5 Å². The van der Waals surface area contributed by atoms with E-state index in [2.05, 4.69) is 4.98 Å². The fraction of sp³-hybridized carbons (Fsp3) is 0.278. The van der Waals surface area contributed by atoms with Gasteiger partial charge in [0, 0.05) is 27.6 Å². The second-order valence-electron chi connectivity index (χ2n) is 5.46. The van der Waals surface area contributed by atoms with E-state index in [9.17, 15) is 14.7 Å². The zero-order valence-electron chi connectivity index (χ0n) is 14.3. The number of carboxylic acids is 1. The van der Waals surface area contributed by atoms with Gasteiger partial charge in [0.2, 0.25) is 0 Å². The van der Waals surface area contributed by atoms with Gasteiger partial charge in [0.05, 0.1) is 29.1 Å². The van der Waals surface area contributed by atoms with E-state index in [4.69, 9.17) is 33.7 Å². The number of hydrogen-bond donors (Lipinski definition) is 2. The van der Waals surface area contributed by atoms with E-state index in [1.165, 1.54) is 6.07 Å². The molecule has 2 aromatic rings. The molecule has 138 valence electrons. The third-order valence-corrected chi connectivity index (χ3v) is 4.28. The monoisotopic (exact) mass is 396 g/mol. The molecule has 0 radical (unpaired) electrons. The van der Waals surface area contributed by atoms with Crippen molar-refractivity contribution in [3.63, 3.8) is 0 Å². The van der Waals surface area contributed by atoms with E-state index in [1.807, 2.05) is 0 Å². The van der Waals surface area contributed by atoms with Gasteiger partial charge in [-0.3, -0.25) is 4.98 Å². The molecule has 8 heteroatoms. The number of ether oxygens (including phenoxy) is 1. The van der Waals surface area contributed by atoms with Crippen molar-refractivity contribution in [3.8, 4) is 11.1 Å². The Kier molecular flexibility index (Phi) is 6.58. The van der Waals surface area contributed by atoms with Crippen LogP contribution in [0.4, 0.5) is 0 Å². The Hall–Kier alpha value is -2.15. The van der Waals surface area contributed by atoms with E-state index in [1.54, 1.807) is 26.0 Å². The van der Waals surface area contributed by atoms with Crippen LogP contribution in [0.2, 0.25) is 10.0 Å². The van der Waals surface area contributed by atoms with Gasteiger partial charge in [-0.25, -0.2) is 9.59 Å². The lowest BCUT2D eigenvalue weighted by Crippen LogP contribution is -2.19. The zero-order valence-corrected chi connectivity index (χ0v) is 15.8. The van der Waals surface area contributed by atoms with Crippen molar-refractivity contribution in [1.82, 2.24) is 4.98 Å². The Morgan fingerprint density at radius 2 is 1.96 bits per heavy atom. The molecule has 0 fully saturated rings. The number of aromatic nitrogens is 1. The minimum atomic E-state index is -1.22. The number of rotatable bonds is 6. The molecule has 3 N–H and O–H groups in total. The Morgan fingerprint density at radius 3 is 2.50 bits per heavy atom. The van der Waals surface area contributed by atoms with Crippen molar-refractivity contribution >= 4 is 35.1 Å². The summed E-state index contributed by atoms with van der Waals surface area (Å²) in [6.07, 6.45) is 0.285. The smallest absolute Gasteiger partial charge is 0.340 e. The average molecular weight is 397 g/mol. The molecule has 1 aromatic heterocycles. The summed E-state index contributed by atoms with van der Waals surface area (Å²) in [5, 5.41) is 10.3. The van der Waals surface area contributed by atoms with Gasteiger partial charge >= 0.3 is 11.9 Å². The molecule has 1 heterocycles. The lowest BCUT2D eigenvalue weighted by Gasteiger charge is -2.18. The van der Waals surface area contributed by atoms with Gasteiger partial charge in [-0.1, -0.05) is 29.3 Å². The summed E-state index contributed by atoms with van der Waals surface area (Å²) in [7, 11) is 0. The predicted molar refractivity (Wildman–Crippen MR) is 100 cm³/mol. The standard InChI is InChI=1S/C18H18Cl2N2O4/c1-3-26-18(25)16-13(6-7-21)22-9(2)14(17(23)24)15(16)11-5-4-10(19)8-12(11)20/h4-5,8H,3,6-7,21H2,1-2H3,(H,23,24). The van der Waals surface area contributed by atoms with Crippen molar-refractivity contribution in [3.05, 3.63) is 50.8 Å². The van der Waals surface area contributed by atoms with Gasteiger partial charge in [0.25, 0.3) is 0 Å². The van der Waals surface area contributed by atoms with Crippen molar-refractivity contribution in [2.75, 3.05) is 13.2 Å². The zero-order chi connectivity index (χ0) is 19.4. The minimum absolute atomic E-state index is 0.0597. The number of esters is 1. The Labute approximate surface area is 160 Å². The first-order valence-corrected chi connectivity index (χ1v) is 8.66. The third-order valence-electron chi connectivity index (χ3n) is 3.73. The molecule has 0 aliphatic rings. The maximum Gasteiger partial charge on any atom is 0.340 e. The van der Waals surface area contributed by atoms with Crippen molar-refractivity contribution < 1.29 is 19.4 Å². The molecule has 0 aliphatic heterocycles. The lowest BCUT2D eigenvalue weighted by molar-refractivity contribution is 0.0525. The van der Waals surface area contributed by atoms with Crippen LogP contribution in [-0.4, -0.2) is 35.2 Å². The van der Waals surface area contributed by atoms with Crippen LogP contribution in [0.25, 0.3) is 11.1 Å². The van der Waals surface area contributed by atoms with Gasteiger partial charge in [0.1, 0.15) is 0 Å². The molecule has 0 aliphatic carbocycles. The number of halogens is 2. The highest BCUT2D eigenvalue weighted by molar-refractivity contribution is 6.36. The van der Waals surface area contributed by atoms with Crippen LogP contribution in [0.5, 0.6) is 0 Å². The Balaban J connectivity index is 2.96. The van der Waals surface area contributed by atoms with Crippen LogP contribution in [-0.2, 0) is 11.2 Å². The number of aromatic carboxylic acids is 1. The van der Waals surface area contributed by atoms with Gasteiger partial charge < -0.3 is 15.6 Å². The number of hydrogen-bond acceptors (Lipinski definition) is 5. The second-order valence-corrected chi connectivity index (χ2v) is 6.30. The third kappa shape index (κ3) is 3.98. The summed E-state index contributed by atoms with van der Waals surface area (Å²) < 4.78 is 5.13. The molecule has 0 atom stereocenters. The van der Waals surface area contributed by atoms with Gasteiger partial charge in [-0.15, -0.1) is 0 Å². The number of pyridine rings is 1. The van der Waals surface area contributed by atoms with E-state index >= 15 is 0 Å². The van der Waals surface area contributed by atoms with Crippen molar-refractivity contribution in [1.29, 1.82) is 0 Å². The van der Waals surface area contributed by atoms with Gasteiger partial charge in [-0.2, -0.15) is 0 Å². The van der Waals surface area contributed by atoms with Crippen molar-refractivity contribution in [2.24, 2.45) is 5.73 Å². The predicted octanol–water partition coefficient (Wildman–Crippen LogP) is 3.74. The van der Waals surface area contributed by atoms with Crippen LogP contribution in [0.3, 0.4) is 0 Å². The number of aryl methyl sites for hydroxylation is 1. The summed E-state index contributed by atoms with van der Waals surface area (Å²) in [5.41, 5.74) is 6.74. The highest BCUT2D eigenvalue weighted by atomic mass is 35.5. The van der Waals surface area contributed by atoms with Crippen LogP contribution >= 0.6 is 23.2 Å². The Morgan fingerprint density at radius 1 is 1.27 bits per heavy atom. The summed E-state index contributed by atoms with van der Waals surface area (Å²) in [4.78, 5) is 28.8. The molecule has 6 nitrogen and oxygen atoms in total. The first-order valence-electron chi connectivity index (χ1n) is 7.91. The van der Waals surface area contributed by atoms with Gasteiger partial charge in [0.15, 0.2) is 0 Å². The largest absolute Gasteiger partial charge is 0.478 e. The SMILES string of the molecule is CCOC(=O)c1c(CCN)nc(C)c(C(=O)O)c1-c1ccc(Cl)cc1Cl. The number of nitrogens with two attached hydrogens (primary N) is 1. The number of nitrogens with zero attached hydrogens (tertiary/aromatic N) is 1. The molecule has 0 spiro atoms. The minimum Gasteiger partial charge on any atom is -0.478 e. The molecular formula is C18H18Cl2N2O4. The number of carbonyl (C=O) groups excluding carboxylic acids is 1. The quantitative estimate of drug-likeness (QED) is 0.720. The first-order chi connectivity index (χ1) is 12.3. The van der Waals surface area contributed by atoms with E-state index in [0.717, 1.165) is 0 Å². The molecule has 0 bridgehead atoms. The van der Waals surface area contributed by atoms with Crippen molar-refractivity contribution in [2.45, 2.75) is 20.3 Å². The number of carboxylic acid groups (broad SMARTS) is 1. The van der Waals surface area contributed by atoms with Crippen LogP contribution in [0.15, 0.2) is 18.2 Å². The molecule has 1 aromatic carbocycles. The second kappa shape index (κ2) is 8.49. The number of carbonyl (C=O) groups is 2. The maximum absolute atomic E-state index is 12.6. The first kappa shape index (κ1) is 20.2. The molecule has 0 saturated heterocycles. The fourth-order valence-electron chi connectivity index (χ4n) is 2.73. The molecule has 0 unspecified atom stereocenters. The van der Waals surface area contributed by atoms with Crippen LogP contribution < -0.4 is 5.73 Å². The Bertz CT molecular complexity index is 869. The fourth-order valence-corrected chi connectivity index (χ4v) is 3.23. The normalized spacial score (nSPS) is 10.7. The maximum atomic E-state index is 12.6. The molecule has 2 rings (SSSR count). The molecule has 26 heavy (non-hydrogen) atoms. The lowest BCUT2D eigenvalue weighted by atomic mass is 9.91. The molecule has 0 saturated carbocycles. The molecular weight excluding hydrogens is 379 g/mol. The number of benzene rings is 1. The summed E-state index contributed by atoms with van der Waals surface area (Å²) in [5.74, 6) is -1.90. The van der Waals surface area contributed by atoms with E-state index < -0.39 is 11.9 Å². The highest BCUT2D eigenvalue weighted by Gasteiger charge is 2.29. The van der Waals surface area contributed by atoms with E-state index in [-0.39, 0.29) is 47.0 Å². The van der Waals surface area contributed by atoms with Crippen LogP contribution in [0.1, 0.15) is 39.0 Å².